The van der Waals surface area contributed by atoms with Gasteiger partial charge in [0.15, 0.2) is 0 Å². The van der Waals surface area contributed by atoms with Crippen LogP contribution in [0, 0.1) is 5.41 Å². The van der Waals surface area contributed by atoms with Crippen molar-refractivity contribution in [2.24, 2.45) is 5.41 Å². The molecule has 206 valence electrons. The van der Waals surface area contributed by atoms with Gasteiger partial charge in [-0.1, -0.05) is 0 Å². The first-order chi connectivity index (χ1) is 17.2. The lowest BCUT2D eigenvalue weighted by molar-refractivity contribution is -0.193. The Kier molecular flexibility index (Phi) is 10.2. The van der Waals surface area contributed by atoms with Gasteiger partial charge in [0.2, 0.25) is 5.95 Å². The van der Waals surface area contributed by atoms with Crippen LogP contribution >= 0.6 is 0 Å². The Morgan fingerprint density at radius 3 is 2.11 bits per heavy atom. The molecular formula is C21H24F6N4O6. The number of rotatable bonds is 3. The van der Waals surface area contributed by atoms with Crippen molar-refractivity contribution in [1.82, 2.24) is 14.9 Å². The summed E-state index contributed by atoms with van der Waals surface area (Å²) in [5, 5.41) is 14.2. The summed E-state index contributed by atoms with van der Waals surface area (Å²) < 4.78 is 74.6. The number of furan rings is 1. The second kappa shape index (κ2) is 12.7. The summed E-state index contributed by atoms with van der Waals surface area (Å²) in [5.41, 5.74) is 1.39. The van der Waals surface area contributed by atoms with Crippen molar-refractivity contribution in [3.05, 3.63) is 42.6 Å². The SMILES string of the molecule is O=C(O)C(F)(F)F.O=C(O)C(F)(F)F.c1cnc(N2CCC3(COCCN(Cc4ccoc4)C3)C2)nc1. The van der Waals surface area contributed by atoms with Crippen molar-refractivity contribution in [1.29, 1.82) is 0 Å². The number of anilines is 1. The van der Waals surface area contributed by atoms with Crippen molar-refractivity contribution in [3.63, 3.8) is 0 Å². The number of aliphatic carboxylic acids is 2. The van der Waals surface area contributed by atoms with E-state index in [1.54, 1.807) is 6.26 Å². The van der Waals surface area contributed by atoms with Gasteiger partial charge in [0.1, 0.15) is 0 Å². The number of carbonyl (C=O) groups is 2. The standard InChI is InChI=1S/C17H22N4O2.2C2HF3O2/c1-4-18-16(19-5-1)21-6-3-17(13-21)12-20(7-9-23-14-17)10-15-2-8-22-11-15;2*3-2(4,5)1(6)7/h1-2,4-5,8,11H,3,6-7,9-10,12-14H2;2*(H,6,7). The van der Waals surface area contributed by atoms with Crippen LogP contribution in [-0.2, 0) is 20.9 Å². The normalized spacial score (nSPS) is 20.3. The van der Waals surface area contributed by atoms with E-state index in [0.717, 1.165) is 58.3 Å². The van der Waals surface area contributed by atoms with E-state index in [1.165, 1.54) is 5.56 Å². The third-order valence-corrected chi connectivity index (χ3v) is 5.26. The molecule has 4 heterocycles. The van der Waals surface area contributed by atoms with Gasteiger partial charge < -0.3 is 24.3 Å². The van der Waals surface area contributed by atoms with Gasteiger partial charge in [-0.3, -0.25) is 4.90 Å². The largest absolute Gasteiger partial charge is 0.490 e. The van der Waals surface area contributed by atoms with E-state index < -0.39 is 24.3 Å². The van der Waals surface area contributed by atoms with E-state index >= 15 is 0 Å². The highest BCUT2D eigenvalue weighted by Gasteiger charge is 2.42. The number of halogens is 6. The lowest BCUT2D eigenvalue weighted by Gasteiger charge is -2.31. The van der Waals surface area contributed by atoms with Gasteiger partial charge in [-0.25, -0.2) is 19.6 Å². The fourth-order valence-corrected chi connectivity index (χ4v) is 3.66. The van der Waals surface area contributed by atoms with Gasteiger partial charge >= 0.3 is 24.3 Å². The highest BCUT2D eigenvalue weighted by atomic mass is 19.4. The molecule has 2 fully saturated rings. The zero-order chi connectivity index (χ0) is 27.7. The number of carboxylic acid groups (broad SMARTS) is 2. The Hall–Kier alpha value is -3.40. The quantitative estimate of drug-likeness (QED) is 0.559. The van der Waals surface area contributed by atoms with Gasteiger partial charge in [0.25, 0.3) is 0 Å². The second-order valence-electron chi connectivity index (χ2n) is 8.22. The predicted molar refractivity (Wildman–Crippen MR) is 113 cm³/mol. The fraction of sp³-hybridized carbons (Fsp3) is 0.524. The number of alkyl halides is 6. The topological polar surface area (TPSA) is 129 Å². The van der Waals surface area contributed by atoms with Gasteiger partial charge in [-0.05, 0) is 18.6 Å². The molecule has 0 amide bonds. The number of aromatic nitrogens is 2. The maximum atomic E-state index is 10.6. The Labute approximate surface area is 206 Å². The van der Waals surface area contributed by atoms with Crippen molar-refractivity contribution >= 4 is 17.9 Å². The van der Waals surface area contributed by atoms with E-state index in [1.807, 2.05) is 30.8 Å². The van der Waals surface area contributed by atoms with Crippen LogP contribution in [0.3, 0.4) is 0 Å². The molecule has 0 aromatic carbocycles. The summed E-state index contributed by atoms with van der Waals surface area (Å²) in [7, 11) is 0. The molecule has 0 radical (unpaired) electrons. The molecule has 10 nitrogen and oxygen atoms in total. The van der Waals surface area contributed by atoms with E-state index in [-0.39, 0.29) is 5.41 Å². The fourth-order valence-electron chi connectivity index (χ4n) is 3.66. The first-order valence-corrected chi connectivity index (χ1v) is 10.7. The summed E-state index contributed by atoms with van der Waals surface area (Å²) in [6.07, 6.45) is -1.86. The molecule has 0 saturated carbocycles. The average molecular weight is 542 g/mol. The van der Waals surface area contributed by atoms with Gasteiger partial charge in [-0.2, -0.15) is 26.3 Å². The zero-order valence-corrected chi connectivity index (χ0v) is 19.2. The number of hydrogen-bond donors (Lipinski definition) is 2. The number of nitrogens with zero attached hydrogens (tertiary/aromatic N) is 4. The second-order valence-corrected chi connectivity index (χ2v) is 8.22. The average Bonchev–Trinajstić information content (AvgIpc) is 3.42. The Balaban J connectivity index is 0.000000286. The third kappa shape index (κ3) is 9.87. The highest BCUT2D eigenvalue weighted by molar-refractivity contribution is 5.73. The number of carboxylic acids is 2. The molecule has 0 aliphatic carbocycles. The maximum Gasteiger partial charge on any atom is 0.490 e. The summed E-state index contributed by atoms with van der Waals surface area (Å²) in [5.74, 6) is -4.69. The number of hydrogen-bond acceptors (Lipinski definition) is 8. The number of ether oxygens (including phenoxy) is 1. The van der Waals surface area contributed by atoms with Crippen LogP contribution in [0.5, 0.6) is 0 Å². The Morgan fingerprint density at radius 2 is 1.59 bits per heavy atom. The Bertz CT molecular complexity index is 966. The molecular weight excluding hydrogens is 518 g/mol. The van der Waals surface area contributed by atoms with Crippen LogP contribution in [-0.4, -0.2) is 88.8 Å². The predicted octanol–water partition coefficient (Wildman–Crippen LogP) is 3.07. The minimum absolute atomic E-state index is 0.166. The smallest absolute Gasteiger partial charge is 0.475 e. The molecule has 2 aliphatic rings. The van der Waals surface area contributed by atoms with Crippen molar-refractivity contribution in [3.8, 4) is 0 Å². The van der Waals surface area contributed by atoms with Crippen molar-refractivity contribution in [2.45, 2.75) is 25.3 Å². The van der Waals surface area contributed by atoms with Crippen LogP contribution in [0.2, 0.25) is 0 Å². The summed E-state index contributed by atoms with van der Waals surface area (Å²) in [6, 6.07) is 3.90. The minimum atomic E-state index is -5.08. The van der Waals surface area contributed by atoms with Crippen molar-refractivity contribution in [2.75, 3.05) is 44.3 Å². The summed E-state index contributed by atoms with van der Waals surface area (Å²) in [4.78, 5) is 31.3. The molecule has 1 atom stereocenters. The Morgan fingerprint density at radius 1 is 1.00 bits per heavy atom. The summed E-state index contributed by atoms with van der Waals surface area (Å²) >= 11 is 0. The zero-order valence-electron chi connectivity index (χ0n) is 19.2. The molecule has 2 saturated heterocycles. The van der Waals surface area contributed by atoms with E-state index in [9.17, 15) is 26.3 Å². The molecule has 4 rings (SSSR count). The monoisotopic (exact) mass is 542 g/mol. The first kappa shape index (κ1) is 29.8. The highest BCUT2D eigenvalue weighted by Crippen LogP contribution is 2.35. The van der Waals surface area contributed by atoms with Gasteiger partial charge in [0, 0.05) is 56.1 Å². The van der Waals surface area contributed by atoms with Crippen LogP contribution in [0.25, 0.3) is 0 Å². The van der Waals surface area contributed by atoms with Gasteiger partial charge in [-0.15, -0.1) is 0 Å². The maximum absolute atomic E-state index is 10.6. The molecule has 2 aliphatic heterocycles. The lowest BCUT2D eigenvalue weighted by Crippen LogP contribution is -2.40. The van der Waals surface area contributed by atoms with Crippen molar-refractivity contribution < 1.29 is 55.3 Å². The van der Waals surface area contributed by atoms with Crippen LogP contribution in [0.15, 0.2) is 41.5 Å². The van der Waals surface area contributed by atoms with Crippen LogP contribution < -0.4 is 4.90 Å². The molecule has 2 aromatic rings. The van der Waals surface area contributed by atoms with E-state index in [0.29, 0.717) is 0 Å². The van der Waals surface area contributed by atoms with E-state index in [4.69, 9.17) is 29.0 Å². The third-order valence-electron chi connectivity index (χ3n) is 5.26. The minimum Gasteiger partial charge on any atom is -0.475 e. The molecule has 16 heteroatoms. The van der Waals surface area contributed by atoms with E-state index in [2.05, 4.69) is 19.8 Å². The van der Waals surface area contributed by atoms with Crippen LogP contribution in [0.1, 0.15) is 12.0 Å². The molecule has 1 spiro atoms. The molecule has 1 unspecified atom stereocenters. The molecule has 2 N–H and O–H groups in total. The molecule has 2 aromatic heterocycles. The first-order valence-electron chi connectivity index (χ1n) is 10.7. The lowest BCUT2D eigenvalue weighted by atomic mass is 9.87. The van der Waals surface area contributed by atoms with Crippen LogP contribution in [0.4, 0.5) is 32.3 Å². The summed E-state index contributed by atoms with van der Waals surface area (Å²) in [6.45, 7) is 6.49. The molecule has 37 heavy (non-hydrogen) atoms. The molecule has 0 bridgehead atoms. The van der Waals surface area contributed by atoms with Gasteiger partial charge in [0.05, 0.1) is 25.7 Å².